The third kappa shape index (κ3) is 2.26. The molecule has 3 N–H and O–H groups in total. The number of hydrogen-bond donors (Lipinski definition) is 2. The fourth-order valence-electron chi connectivity index (χ4n) is 5.39. The second-order valence-electron chi connectivity index (χ2n) is 8.50. The summed E-state index contributed by atoms with van der Waals surface area (Å²) >= 11 is 0. The molecule has 4 unspecified atom stereocenters. The van der Waals surface area contributed by atoms with E-state index in [0.29, 0.717) is 22.4 Å². The number of carboxylic acids is 1. The molecule has 0 amide bonds. The maximum absolute atomic E-state index is 11.8. The number of ether oxygens (including phenoxy) is 1. The number of rotatable bonds is 6. The van der Waals surface area contributed by atoms with E-state index in [1.807, 2.05) is 6.21 Å². The SMILES string of the molecule is COCC(C)(C(=O)O)c1ccc(N)c(/N=C/C2=C3C4CC(C2)C3(C)C4)c1. The largest absolute Gasteiger partial charge is 0.481 e. The Bertz CT molecular complexity index is 842. The second-order valence-corrected chi connectivity index (χ2v) is 8.50. The highest BCUT2D eigenvalue weighted by Crippen LogP contribution is 2.72. The van der Waals surface area contributed by atoms with Crippen molar-refractivity contribution in [1.82, 2.24) is 0 Å². The summed E-state index contributed by atoms with van der Waals surface area (Å²) in [6.07, 6.45) is 5.75. The molecule has 4 atom stereocenters. The highest BCUT2D eigenvalue weighted by atomic mass is 16.5. The van der Waals surface area contributed by atoms with Crippen molar-refractivity contribution in [2.24, 2.45) is 22.2 Å². The van der Waals surface area contributed by atoms with Gasteiger partial charge < -0.3 is 15.6 Å². The molecule has 3 saturated carbocycles. The summed E-state index contributed by atoms with van der Waals surface area (Å²) in [4.78, 5) is 16.4. The van der Waals surface area contributed by atoms with Crippen LogP contribution in [0.25, 0.3) is 0 Å². The van der Waals surface area contributed by atoms with Gasteiger partial charge in [-0.1, -0.05) is 18.6 Å². The molecule has 5 heteroatoms. The molecule has 0 radical (unpaired) electrons. The Labute approximate surface area is 154 Å². The Hall–Kier alpha value is -2.14. The van der Waals surface area contributed by atoms with E-state index in [0.717, 1.165) is 18.3 Å². The van der Waals surface area contributed by atoms with E-state index in [-0.39, 0.29) is 6.61 Å². The summed E-state index contributed by atoms with van der Waals surface area (Å²) in [5, 5.41) is 9.66. The summed E-state index contributed by atoms with van der Waals surface area (Å²) in [5.41, 5.74) is 10.2. The summed E-state index contributed by atoms with van der Waals surface area (Å²) in [5.74, 6) is 0.621. The number of methoxy groups -OCH3 is 1. The fraction of sp³-hybridized carbons (Fsp3) is 0.524. The average Bonchev–Trinajstić information content (AvgIpc) is 3.11. The van der Waals surface area contributed by atoms with Crippen LogP contribution in [0.4, 0.5) is 11.4 Å². The summed E-state index contributed by atoms with van der Waals surface area (Å²) in [6, 6.07) is 5.26. The number of carboxylic acid groups (broad SMARTS) is 1. The third-order valence-electron chi connectivity index (χ3n) is 6.91. The Balaban J connectivity index is 1.65. The number of nitrogens with two attached hydrogens (primary N) is 1. The van der Waals surface area contributed by atoms with Crippen LogP contribution in [0.15, 0.2) is 34.3 Å². The standard InChI is InChI=1S/C21H26N2O3/c1-20-9-12-6-15(20)7-13(18(12)20)10-23-17-8-14(4-5-16(17)22)21(2,11-26-3)19(24)25/h4-5,8,10,12,15H,6-7,9,11,22H2,1-3H3,(H,24,25)/b23-10+. The molecule has 1 aromatic rings. The summed E-state index contributed by atoms with van der Waals surface area (Å²) in [7, 11) is 1.51. The maximum atomic E-state index is 11.8. The number of nitrogen functional groups attached to an aromatic ring is 1. The highest BCUT2D eigenvalue weighted by Gasteiger charge is 2.62. The number of aliphatic carboxylic acids is 1. The van der Waals surface area contributed by atoms with Crippen LogP contribution in [-0.4, -0.2) is 31.0 Å². The molecule has 0 saturated heterocycles. The molecule has 3 fully saturated rings. The minimum atomic E-state index is -1.13. The lowest BCUT2D eigenvalue weighted by molar-refractivity contribution is -0.145. The van der Waals surface area contributed by atoms with Crippen molar-refractivity contribution in [3.05, 3.63) is 34.9 Å². The molecule has 5 rings (SSSR count). The number of allylic oxidation sites excluding steroid dienone is 2. The monoisotopic (exact) mass is 354 g/mol. The van der Waals surface area contributed by atoms with E-state index in [2.05, 4.69) is 11.9 Å². The number of aliphatic imine (C=N–C) groups is 1. The van der Waals surface area contributed by atoms with Gasteiger partial charge in [0.2, 0.25) is 0 Å². The molecular formula is C21H26N2O3. The lowest BCUT2D eigenvalue weighted by atomic mass is 9.66. The number of carbonyl (C=O) groups is 1. The van der Waals surface area contributed by atoms with Gasteiger partial charge in [-0.3, -0.25) is 9.79 Å². The second kappa shape index (κ2) is 5.68. The minimum absolute atomic E-state index is 0.0897. The van der Waals surface area contributed by atoms with E-state index in [4.69, 9.17) is 10.5 Å². The molecule has 0 aliphatic heterocycles. The number of hydrogen-bond acceptors (Lipinski definition) is 4. The van der Waals surface area contributed by atoms with Gasteiger partial charge in [0, 0.05) is 13.3 Å². The zero-order chi connectivity index (χ0) is 18.7. The zero-order valence-corrected chi connectivity index (χ0v) is 15.6. The predicted molar refractivity (Wildman–Crippen MR) is 102 cm³/mol. The van der Waals surface area contributed by atoms with Gasteiger partial charge in [0.05, 0.1) is 18.0 Å². The molecule has 0 spiro atoms. The fourth-order valence-corrected chi connectivity index (χ4v) is 5.39. The Morgan fingerprint density at radius 2 is 2.31 bits per heavy atom. The van der Waals surface area contributed by atoms with Gasteiger partial charge in [-0.2, -0.15) is 0 Å². The lowest BCUT2D eigenvalue weighted by Gasteiger charge is -2.38. The smallest absolute Gasteiger partial charge is 0.316 e. The Morgan fingerprint density at radius 1 is 1.54 bits per heavy atom. The first kappa shape index (κ1) is 17.3. The van der Waals surface area contributed by atoms with Crippen LogP contribution in [0.2, 0.25) is 0 Å². The number of benzene rings is 1. The van der Waals surface area contributed by atoms with E-state index in [1.54, 1.807) is 30.7 Å². The van der Waals surface area contributed by atoms with Crippen LogP contribution in [0.1, 0.15) is 38.7 Å². The summed E-state index contributed by atoms with van der Waals surface area (Å²) in [6.45, 7) is 4.13. The van der Waals surface area contributed by atoms with Gasteiger partial charge in [0.25, 0.3) is 0 Å². The van der Waals surface area contributed by atoms with Crippen molar-refractivity contribution in [2.45, 2.75) is 38.5 Å². The normalized spacial score (nSPS) is 31.3. The Morgan fingerprint density at radius 3 is 2.92 bits per heavy atom. The molecule has 138 valence electrons. The molecule has 4 aliphatic carbocycles. The van der Waals surface area contributed by atoms with Crippen molar-refractivity contribution in [1.29, 1.82) is 0 Å². The van der Waals surface area contributed by atoms with Crippen LogP contribution in [0, 0.1) is 17.3 Å². The van der Waals surface area contributed by atoms with Crippen LogP contribution >= 0.6 is 0 Å². The predicted octanol–water partition coefficient (Wildman–Crippen LogP) is 3.71. The molecule has 1 aromatic carbocycles. The molecule has 0 heterocycles. The molecule has 4 bridgehead atoms. The number of nitrogens with zero attached hydrogens (tertiary/aromatic N) is 1. The van der Waals surface area contributed by atoms with Gasteiger partial charge in [-0.05, 0) is 66.7 Å². The molecule has 5 nitrogen and oxygen atoms in total. The van der Waals surface area contributed by atoms with Crippen LogP contribution in [-0.2, 0) is 14.9 Å². The molecule has 4 aliphatic rings. The van der Waals surface area contributed by atoms with E-state index in [9.17, 15) is 9.90 Å². The Kier molecular flexibility index (Phi) is 3.77. The quantitative estimate of drug-likeness (QED) is 0.602. The van der Waals surface area contributed by atoms with Crippen molar-refractivity contribution in [2.75, 3.05) is 19.5 Å². The molecule has 0 aromatic heterocycles. The van der Waals surface area contributed by atoms with Crippen molar-refractivity contribution < 1.29 is 14.6 Å². The molecule has 26 heavy (non-hydrogen) atoms. The van der Waals surface area contributed by atoms with Crippen LogP contribution in [0.5, 0.6) is 0 Å². The maximum Gasteiger partial charge on any atom is 0.316 e. The van der Waals surface area contributed by atoms with Gasteiger partial charge in [-0.15, -0.1) is 0 Å². The van der Waals surface area contributed by atoms with Crippen LogP contribution in [0.3, 0.4) is 0 Å². The lowest BCUT2D eigenvalue weighted by Crippen LogP contribution is -2.37. The first-order chi connectivity index (χ1) is 12.3. The summed E-state index contributed by atoms with van der Waals surface area (Å²) < 4.78 is 5.14. The average molecular weight is 354 g/mol. The third-order valence-corrected chi connectivity index (χ3v) is 6.91. The van der Waals surface area contributed by atoms with Crippen molar-refractivity contribution in [3.63, 3.8) is 0 Å². The highest BCUT2D eigenvalue weighted by molar-refractivity contribution is 5.87. The topological polar surface area (TPSA) is 84.9 Å². The van der Waals surface area contributed by atoms with Crippen LogP contribution < -0.4 is 5.73 Å². The van der Waals surface area contributed by atoms with Gasteiger partial charge in [-0.25, -0.2) is 0 Å². The van der Waals surface area contributed by atoms with Crippen molar-refractivity contribution in [3.8, 4) is 0 Å². The van der Waals surface area contributed by atoms with E-state index in [1.165, 1.54) is 25.5 Å². The first-order valence-electron chi connectivity index (χ1n) is 9.19. The van der Waals surface area contributed by atoms with Gasteiger partial charge in [0.1, 0.15) is 5.41 Å². The number of anilines is 1. The van der Waals surface area contributed by atoms with Crippen molar-refractivity contribution >= 4 is 23.6 Å². The van der Waals surface area contributed by atoms with E-state index < -0.39 is 11.4 Å². The first-order valence-corrected chi connectivity index (χ1v) is 9.19. The molecular weight excluding hydrogens is 328 g/mol. The zero-order valence-electron chi connectivity index (χ0n) is 15.6. The van der Waals surface area contributed by atoms with Gasteiger partial charge >= 0.3 is 5.97 Å². The minimum Gasteiger partial charge on any atom is -0.481 e. The van der Waals surface area contributed by atoms with Gasteiger partial charge in [0.15, 0.2) is 0 Å². The van der Waals surface area contributed by atoms with E-state index >= 15 is 0 Å².